The Kier molecular flexibility index (Phi) is 3.61. The molecule has 90 valence electrons. The van der Waals surface area contributed by atoms with Gasteiger partial charge in [0.1, 0.15) is 0 Å². The molecule has 1 aliphatic heterocycles. The second-order valence-corrected chi connectivity index (χ2v) is 7.60. The maximum Gasteiger partial charge on any atom is 0.150 e. The smallest absolute Gasteiger partial charge is 0.150 e. The van der Waals surface area contributed by atoms with E-state index in [4.69, 9.17) is 5.11 Å². The van der Waals surface area contributed by atoms with Gasteiger partial charge in [-0.3, -0.25) is 0 Å². The van der Waals surface area contributed by atoms with Crippen LogP contribution in [0.2, 0.25) is 0 Å². The Morgan fingerprint density at radius 1 is 1.56 bits per heavy atom. The SMILES string of the molecule is O=S1(=O)CCC(Cc2ncc(CCO)s2)C1. The van der Waals surface area contributed by atoms with E-state index in [1.54, 1.807) is 17.5 Å². The highest BCUT2D eigenvalue weighted by atomic mass is 32.2. The molecule has 0 aliphatic carbocycles. The Hall–Kier alpha value is -0.460. The molecule has 16 heavy (non-hydrogen) atoms. The number of hydrogen-bond donors (Lipinski definition) is 1. The first kappa shape index (κ1) is 12.0. The lowest BCUT2D eigenvalue weighted by Gasteiger charge is -2.02. The Bertz CT molecular complexity index is 452. The molecule has 2 rings (SSSR count). The third kappa shape index (κ3) is 3.02. The van der Waals surface area contributed by atoms with Gasteiger partial charge in [0, 0.05) is 30.5 Å². The van der Waals surface area contributed by atoms with E-state index in [0.717, 1.165) is 22.7 Å². The lowest BCUT2D eigenvalue weighted by Crippen LogP contribution is -2.07. The van der Waals surface area contributed by atoms with Crippen molar-refractivity contribution in [2.45, 2.75) is 19.3 Å². The van der Waals surface area contributed by atoms with Crippen LogP contribution in [0.3, 0.4) is 0 Å². The van der Waals surface area contributed by atoms with Crippen LogP contribution in [0, 0.1) is 5.92 Å². The van der Waals surface area contributed by atoms with Crippen molar-refractivity contribution < 1.29 is 13.5 Å². The van der Waals surface area contributed by atoms with E-state index in [0.29, 0.717) is 17.9 Å². The molecule has 1 fully saturated rings. The zero-order chi connectivity index (χ0) is 11.6. The van der Waals surface area contributed by atoms with Gasteiger partial charge in [-0.1, -0.05) is 0 Å². The van der Waals surface area contributed by atoms with Gasteiger partial charge < -0.3 is 5.11 Å². The minimum Gasteiger partial charge on any atom is -0.396 e. The molecule has 0 amide bonds. The molecule has 1 aromatic rings. The van der Waals surface area contributed by atoms with Crippen LogP contribution in [-0.2, 0) is 22.7 Å². The normalized spacial score (nSPS) is 23.7. The van der Waals surface area contributed by atoms with Crippen LogP contribution in [0.15, 0.2) is 6.20 Å². The number of aromatic nitrogens is 1. The Balaban J connectivity index is 1.94. The van der Waals surface area contributed by atoms with Crippen molar-refractivity contribution in [3.63, 3.8) is 0 Å². The van der Waals surface area contributed by atoms with Gasteiger partial charge in [-0.2, -0.15) is 0 Å². The Morgan fingerprint density at radius 3 is 3.00 bits per heavy atom. The largest absolute Gasteiger partial charge is 0.396 e. The summed E-state index contributed by atoms with van der Waals surface area (Å²) in [4.78, 5) is 5.33. The molecule has 0 spiro atoms. The molecule has 6 heteroatoms. The summed E-state index contributed by atoms with van der Waals surface area (Å²) in [6, 6.07) is 0. The first-order chi connectivity index (χ1) is 7.59. The molecule has 1 aliphatic rings. The van der Waals surface area contributed by atoms with Crippen LogP contribution < -0.4 is 0 Å². The summed E-state index contributed by atoms with van der Waals surface area (Å²) in [5, 5.41) is 9.77. The van der Waals surface area contributed by atoms with Gasteiger partial charge in [-0.05, 0) is 12.3 Å². The fourth-order valence-corrected chi connectivity index (χ4v) is 4.84. The molecule has 1 N–H and O–H groups in total. The summed E-state index contributed by atoms with van der Waals surface area (Å²) in [5.74, 6) is 0.868. The molecule has 4 nitrogen and oxygen atoms in total. The van der Waals surface area contributed by atoms with Gasteiger partial charge >= 0.3 is 0 Å². The van der Waals surface area contributed by atoms with E-state index in [2.05, 4.69) is 4.98 Å². The standard InChI is InChI=1S/C10H15NO3S2/c12-3-1-9-6-11-10(15-9)5-8-2-4-16(13,14)7-8/h6,8,12H,1-5,7H2. The lowest BCUT2D eigenvalue weighted by atomic mass is 10.1. The molecule has 0 saturated carbocycles. The highest BCUT2D eigenvalue weighted by molar-refractivity contribution is 7.91. The summed E-state index contributed by atoms with van der Waals surface area (Å²) in [5.41, 5.74) is 0. The molecule has 1 aromatic heterocycles. The summed E-state index contributed by atoms with van der Waals surface area (Å²) in [7, 11) is -2.78. The number of aliphatic hydroxyl groups is 1. The third-order valence-electron chi connectivity index (χ3n) is 2.75. The third-order valence-corrected chi connectivity index (χ3v) is 5.67. The predicted octanol–water partition coefficient (Wildman–Crippen LogP) is 0.655. The van der Waals surface area contributed by atoms with E-state index < -0.39 is 9.84 Å². The van der Waals surface area contributed by atoms with Gasteiger partial charge in [-0.15, -0.1) is 11.3 Å². The minimum atomic E-state index is -2.78. The number of nitrogens with zero attached hydrogens (tertiary/aromatic N) is 1. The number of hydrogen-bond acceptors (Lipinski definition) is 5. The van der Waals surface area contributed by atoms with E-state index in [1.807, 2.05) is 0 Å². The topological polar surface area (TPSA) is 67.3 Å². The zero-order valence-corrected chi connectivity index (χ0v) is 10.6. The lowest BCUT2D eigenvalue weighted by molar-refractivity contribution is 0.300. The average molecular weight is 261 g/mol. The monoisotopic (exact) mass is 261 g/mol. The first-order valence-electron chi connectivity index (χ1n) is 5.34. The highest BCUT2D eigenvalue weighted by Crippen LogP contribution is 2.24. The van der Waals surface area contributed by atoms with E-state index in [-0.39, 0.29) is 12.5 Å². The quantitative estimate of drug-likeness (QED) is 0.864. The number of rotatable bonds is 4. The van der Waals surface area contributed by atoms with Gasteiger partial charge in [0.25, 0.3) is 0 Å². The fraction of sp³-hybridized carbons (Fsp3) is 0.700. The predicted molar refractivity (Wildman–Crippen MR) is 63.4 cm³/mol. The second-order valence-electron chi connectivity index (χ2n) is 4.17. The first-order valence-corrected chi connectivity index (χ1v) is 7.98. The molecule has 0 bridgehead atoms. The van der Waals surface area contributed by atoms with Crippen molar-refractivity contribution in [1.82, 2.24) is 4.98 Å². The van der Waals surface area contributed by atoms with Crippen LogP contribution in [0.5, 0.6) is 0 Å². The average Bonchev–Trinajstić information content (AvgIpc) is 2.75. The van der Waals surface area contributed by atoms with Gasteiger partial charge in [-0.25, -0.2) is 13.4 Å². The van der Waals surface area contributed by atoms with Crippen LogP contribution in [0.25, 0.3) is 0 Å². The van der Waals surface area contributed by atoms with E-state index in [9.17, 15) is 8.42 Å². The number of sulfone groups is 1. The van der Waals surface area contributed by atoms with Crippen LogP contribution in [0.4, 0.5) is 0 Å². The maximum atomic E-state index is 11.3. The summed E-state index contributed by atoms with van der Waals surface area (Å²) in [6.45, 7) is 0.138. The zero-order valence-electron chi connectivity index (χ0n) is 8.92. The van der Waals surface area contributed by atoms with Gasteiger partial charge in [0.15, 0.2) is 9.84 Å². The number of aliphatic hydroxyl groups excluding tert-OH is 1. The fourth-order valence-electron chi connectivity index (χ4n) is 1.95. The molecule has 2 heterocycles. The van der Waals surface area contributed by atoms with Crippen molar-refractivity contribution in [2.75, 3.05) is 18.1 Å². The van der Waals surface area contributed by atoms with Gasteiger partial charge in [0.05, 0.1) is 16.5 Å². The van der Waals surface area contributed by atoms with E-state index in [1.165, 1.54) is 0 Å². The van der Waals surface area contributed by atoms with Crippen LogP contribution >= 0.6 is 11.3 Å². The molecular weight excluding hydrogens is 246 g/mol. The molecule has 0 aromatic carbocycles. The Labute approximate surface area is 99.3 Å². The molecule has 1 saturated heterocycles. The summed E-state index contributed by atoms with van der Waals surface area (Å²) in [6.07, 6.45) is 3.94. The molecule has 1 unspecified atom stereocenters. The maximum absolute atomic E-state index is 11.3. The number of thiazole rings is 1. The summed E-state index contributed by atoms with van der Waals surface area (Å²) >= 11 is 1.58. The second kappa shape index (κ2) is 4.81. The minimum absolute atomic E-state index is 0.138. The van der Waals surface area contributed by atoms with Crippen molar-refractivity contribution in [1.29, 1.82) is 0 Å². The van der Waals surface area contributed by atoms with Crippen LogP contribution in [0.1, 0.15) is 16.3 Å². The highest BCUT2D eigenvalue weighted by Gasteiger charge is 2.28. The molecule has 1 atom stereocenters. The van der Waals surface area contributed by atoms with E-state index >= 15 is 0 Å². The van der Waals surface area contributed by atoms with Crippen molar-refractivity contribution in [2.24, 2.45) is 5.92 Å². The van der Waals surface area contributed by atoms with Crippen molar-refractivity contribution in [3.05, 3.63) is 16.1 Å². The Morgan fingerprint density at radius 2 is 2.38 bits per heavy atom. The molecular formula is C10H15NO3S2. The van der Waals surface area contributed by atoms with Crippen LogP contribution in [-0.4, -0.2) is 36.6 Å². The van der Waals surface area contributed by atoms with Gasteiger partial charge in [0.2, 0.25) is 0 Å². The van der Waals surface area contributed by atoms with Crippen molar-refractivity contribution in [3.8, 4) is 0 Å². The summed E-state index contributed by atoms with van der Waals surface area (Å²) < 4.78 is 22.6. The van der Waals surface area contributed by atoms with Crippen molar-refractivity contribution >= 4 is 21.2 Å². The molecule has 0 radical (unpaired) electrons.